The number of aliphatic imine (C=N–C) groups is 1. The zero-order chi connectivity index (χ0) is 23.1. The van der Waals surface area contributed by atoms with Crippen molar-refractivity contribution in [3.8, 4) is 5.75 Å². The minimum atomic E-state index is -0.460. The number of carbonyl (C=O) groups is 1. The monoisotopic (exact) mass is 573 g/mol. The number of hydrogen-bond acceptors (Lipinski definition) is 5. The van der Waals surface area contributed by atoms with Crippen molar-refractivity contribution in [2.24, 2.45) is 10.9 Å². The first-order valence-electron chi connectivity index (χ1n) is 11.6. The molecule has 2 aliphatic rings. The van der Waals surface area contributed by atoms with Crippen molar-refractivity contribution in [1.82, 2.24) is 15.1 Å². The molecule has 2 saturated heterocycles. The molecule has 1 atom stereocenters. The summed E-state index contributed by atoms with van der Waals surface area (Å²) in [5, 5.41) is 3.55. The van der Waals surface area contributed by atoms with Gasteiger partial charge >= 0.3 is 6.09 Å². The van der Waals surface area contributed by atoms with E-state index in [9.17, 15) is 4.79 Å². The van der Waals surface area contributed by atoms with Crippen LogP contribution in [0.15, 0.2) is 29.3 Å². The Kier molecular flexibility index (Phi) is 10.4. The Balaban J connectivity index is 0.00000385. The summed E-state index contributed by atoms with van der Waals surface area (Å²) >= 11 is 0. The maximum absolute atomic E-state index is 12.4. The van der Waals surface area contributed by atoms with Gasteiger partial charge < -0.3 is 29.5 Å². The molecule has 8 nitrogen and oxygen atoms in total. The number of nitrogens with one attached hydrogen (secondary N) is 1. The van der Waals surface area contributed by atoms with E-state index < -0.39 is 5.60 Å². The molecule has 9 heteroatoms. The largest absolute Gasteiger partial charge is 0.497 e. The highest BCUT2D eigenvalue weighted by Gasteiger charge is 2.28. The second kappa shape index (κ2) is 12.5. The SMILES string of the molecule is CN=C(NCC1CCCN(C(=O)OC(C)(C)C)C1)N1CCN(c2ccc(OC)cc2)CC1.I. The Bertz CT molecular complexity index is 773. The summed E-state index contributed by atoms with van der Waals surface area (Å²) in [6.07, 6.45) is 1.90. The molecule has 1 unspecified atom stereocenters. The Hall–Kier alpha value is -1.91. The van der Waals surface area contributed by atoms with Gasteiger partial charge in [-0.15, -0.1) is 24.0 Å². The van der Waals surface area contributed by atoms with Gasteiger partial charge in [0.2, 0.25) is 0 Å². The van der Waals surface area contributed by atoms with Gasteiger partial charge in [0.1, 0.15) is 11.4 Å². The van der Waals surface area contributed by atoms with Crippen molar-refractivity contribution < 1.29 is 14.3 Å². The zero-order valence-corrected chi connectivity index (χ0v) is 23.0. The molecule has 2 heterocycles. The summed E-state index contributed by atoms with van der Waals surface area (Å²) in [4.78, 5) is 23.5. The number of anilines is 1. The number of benzene rings is 1. The van der Waals surface area contributed by atoms with Crippen molar-refractivity contribution in [2.75, 3.05) is 64.9 Å². The van der Waals surface area contributed by atoms with Crippen molar-refractivity contribution in [1.29, 1.82) is 0 Å². The second-order valence-electron chi connectivity index (χ2n) is 9.53. The van der Waals surface area contributed by atoms with E-state index in [4.69, 9.17) is 9.47 Å². The summed E-state index contributed by atoms with van der Waals surface area (Å²) in [5.41, 5.74) is 0.760. The van der Waals surface area contributed by atoms with Crippen LogP contribution < -0.4 is 15.0 Å². The van der Waals surface area contributed by atoms with Gasteiger partial charge in [-0.25, -0.2) is 4.79 Å². The fourth-order valence-corrected chi connectivity index (χ4v) is 4.26. The fourth-order valence-electron chi connectivity index (χ4n) is 4.26. The van der Waals surface area contributed by atoms with Crippen LogP contribution in [0, 0.1) is 5.92 Å². The van der Waals surface area contributed by atoms with Crippen molar-refractivity contribution in [3.63, 3.8) is 0 Å². The highest BCUT2D eigenvalue weighted by atomic mass is 127. The molecule has 1 N–H and O–H groups in total. The molecule has 1 aromatic rings. The molecule has 0 spiro atoms. The summed E-state index contributed by atoms with van der Waals surface area (Å²) in [7, 11) is 3.53. The first-order chi connectivity index (χ1) is 15.3. The van der Waals surface area contributed by atoms with Gasteiger partial charge in [0.25, 0.3) is 0 Å². The Morgan fingerprint density at radius 1 is 1.09 bits per heavy atom. The summed E-state index contributed by atoms with van der Waals surface area (Å²) in [6, 6.07) is 8.24. The van der Waals surface area contributed by atoms with Gasteiger partial charge in [0.05, 0.1) is 7.11 Å². The van der Waals surface area contributed by atoms with E-state index >= 15 is 0 Å². The molecule has 2 fully saturated rings. The number of hydrogen-bond donors (Lipinski definition) is 1. The summed E-state index contributed by atoms with van der Waals surface area (Å²) in [5.74, 6) is 2.22. The van der Waals surface area contributed by atoms with E-state index in [0.29, 0.717) is 5.92 Å². The lowest BCUT2D eigenvalue weighted by Crippen LogP contribution is -2.54. The lowest BCUT2D eigenvalue weighted by atomic mass is 9.98. The fraction of sp³-hybridized carbons (Fsp3) is 0.667. The maximum Gasteiger partial charge on any atom is 0.410 e. The van der Waals surface area contributed by atoms with E-state index in [1.165, 1.54) is 5.69 Å². The van der Waals surface area contributed by atoms with Crippen LogP contribution in [0.1, 0.15) is 33.6 Å². The van der Waals surface area contributed by atoms with Crippen LogP contribution in [0.3, 0.4) is 0 Å². The Morgan fingerprint density at radius 2 is 1.76 bits per heavy atom. The number of halogens is 1. The molecule has 0 aliphatic carbocycles. The van der Waals surface area contributed by atoms with Crippen LogP contribution in [0.25, 0.3) is 0 Å². The molecule has 33 heavy (non-hydrogen) atoms. The predicted molar refractivity (Wildman–Crippen MR) is 144 cm³/mol. The minimum Gasteiger partial charge on any atom is -0.497 e. The molecule has 1 aromatic carbocycles. The standard InChI is InChI=1S/C24H39N5O3.HI/c1-24(2,3)32-23(30)29-12-6-7-19(18-29)17-26-22(25-4)28-15-13-27(14-16-28)20-8-10-21(31-5)11-9-20;/h8-11,19H,6-7,12-18H2,1-5H3,(H,25,26);1H. The average Bonchev–Trinajstić information content (AvgIpc) is 2.79. The van der Waals surface area contributed by atoms with Gasteiger partial charge in [-0.3, -0.25) is 4.99 Å². The number of likely N-dealkylation sites (tertiary alicyclic amines) is 1. The average molecular weight is 574 g/mol. The second-order valence-corrected chi connectivity index (χ2v) is 9.53. The lowest BCUT2D eigenvalue weighted by Gasteiger charge is -2.38. The highest BCUT2D eigenvalue weighted by Crippen LogP contribution is 2.21. The number of amides is 1. The first-order valence-corrected chi connectivity index (χ1v) is 11.6. The Labute approximate surface area is 215 Å². The number of carbonyl (C=O) groups excluding carboxylic acids is 1. The molecule has 3 rings (SSSR count). The van der Waals surface area contributed by atoms with Crippen LogP contribution in [-0.2, 0) is 4.74 Å². The summed E-state index contributed by atoms with van der Waals surface area (Å²) in [6.45, 7) is 11.8. The molecule has 1 amide bonds. The third-order valence-corrected chi connectivity index (χ3v) is 5.95. The Morgan fingerprint density at radius 3 is 2.33 bits per heavy atom. The number of methoxy groups -OCH3 is 1. The molecule has 2 aliphatic heterocycles. The minimum absolute atomic E-state index is 0. The molecule has 0 radical (unpaired) electrons. The van der Waals surface area contributed by atoms with Crippen molar-refractivity contribution in [3.05, 3.63) is 24.3 Å². The highest BCUT2D eigenvalue weighted by molar-refractivity contribution is 14.0. The smallest absolute Gasteiger partial charge is 0.410 e. The number of piperidine rings is 1. The van der Waals surface area contributed by atoms with Crippen LogP contribution in [0.5, 0.6) is 5.75 Å². The van der Waals surface area contributed by atoms with E-state index in [1.54, 1.807) is 7.11 Å². The quantitative estimate of drug-likeness (QED) is 0.337. The van der Waals surface area contributed by atoms with Crippen molar-refractivity contribution in [2.45, 2.75) is 39.2 Å². The number of nitrogens with zero attached hydrogens (tertiary/aromatic N) is 4. The molecule has 0 bridgehead atoms. The lowest BCUT2D eigenvalue weighted by molar-refractivity contribution is 0.0168. The van der Waals surface area contributed by atoms with Crippen LogP contribution in [0.2, 0.25) is 0 Å². The van der Waals surface area contributed by atoms with Gasteiger partial charge in [-0.1, -0.05) is 0 Å². The molecule has 0 aromatic heterocycles. The number of rotatable bonds is 4. The molecule has 0 saturated carbocycles. The topological polar surface area (TPSA) is 69.6 Å². The zero-order valence-electron chi connectivity index (χ0n) is 20.7. The van der Waals surface area contributed by atoms with Crippen molar-refractivity contribution >= 4 is 41.7 Å². The predicted octanol–water partition coefficient (Wildman–Crippen LogP) is 3.66. The molecule has 186 valence electrons. The van der Waals surface area contributed by atoms with Gasteiger partial charge in [-0.2, -0.15) is 0 Å². The van der Waals surface area contributed by atoms with Crippen LogP contribution in [-0.4, -0.2) is 87.4 Å². The molecular formula is C24H40IN5O3. The van der Waals surface area contributed by atoms with E-state index in [1.807, 2.05) is 44.9 Å². The number of ether oxygens (including phenoxy) is 2. The normalized spacial score (nSPS) is 19.6. The van der Waals surface area contributed by atoms with Gasteiger partial charge in [0, 0.05) is 58.5 Å². The van der Waals surface area contributed by atoms with E-state index in [0.717, 1.165) is 70.4 Å². The molecular weight excluding hydrogens is 533 g/mol. The van der Waals surface area contributed by atoms with Gasteiger partial charge in [-0.05, 0) is 63.8 Å². The number of piperazine rings is 1. The van der Waals surface area contributed by atoms with E-state index in [-0.39, 0.29) is 30.1 Å². The van der Waals surface area contributed by atoms with Crippen LogP contribution in [0.4, 0.5) is 10.5 Å². The third kappa shape index (κ3) is 8.12. The maximum atomic E-state index is 12.4. The third-order valence-electron chi connectivity index (χ3n) is 5.95. The van der Waals surface area contributed by atoms with E-state index in [2.05, 4.69) is 32.2 Å². The van der Waals surface area contributed by atoms with Gasteiger partial charge in [0.15, 0.2) is 5.96 Å². The first kappa shape index (κ1) is 27.3. The number of guanidine groups is 1. The van der Waals surface area contributed by atoms with Crippen LogP contribution >= 0.6 is 24.0 Å². The summed E-state index contributed by atoms with van der Waals surface area (Å²) < 4.78 is 10.8.